The number of likely N-dealkylation sites (tertiary alicyclic amines) is 1. The summed E-state index contributed by atoms with van der Waals surface area (Å²) in [6.45, 7) is 3.34. The molecule has 0 amide bonds. The van der Waals surface area contributed by atoms with Crippen LogP contribution in [0.15, 0.2) is 0 Å². The number of thiocarbonyl (C=S) groups is 1. The fraction of sp³-hybridized carbons (Fsp3) is 0.875. The van der Waals surface area contributed by atoms with Crippen molar-refractivity contribution in [2.75, 3.05) is 26.2 Å². The van der Waals surface area contributed by atoms with Crippen molar-refractivity contribution in [3.8, 4) is 0 Å². The largest absolute Gasteiger partial charge is 0.396 e. The lowest BCUT2D eigenvalue weighted by molar-refractivity contribution is 0.223. The monoisotopic (exact) mass is 188 g/mol. The highest BCUT2D eigenvalue weighted by atomic mass is 32.1. The number of aliphatic hydroxyl groups is 1. The van der Waals surface area contributed by atoms with E-state index < -0.39 is 0 Å². The normalized spacial score (nSPS) is 24.6. The van der Waals surface area contributed by atoms with Crippen molar-refractivity contribution in [1.82, 2.24) is 4.90 Å². The summed E-state index contributed by atoms with van der Waals surface area (Å²) in [5.74, 6) is 0.469. The van der Waals surface area contributed by atoms with Crippen molar-refractivity contribution in [3.05, 3.63) is 0 Å². The average molecular weight is 188 g/mol. The first-order chi connectivity index (χ1) is 5.72. The third kappa shape index (κ3) is 3.05. The Morgan fingerprint density at radius 2 is 2.42 bits per heavy atom. The van der Waals surface area contributed by atoms with Crippen molar-refractivity contribution in [3.63, 3.8) is 0 Å². The minimum atomic E-state index is 0.309. The molecule has 1 heterocycles. The summed E-state index contributed by atoms with van der Waals surface area (Å²) in [5, 5.41) is 8.88. The number of nitrogens with two attached hydrogens (primary N) is 1. The van der Waals surface area contributed by atoms with Gasteiger partial charge in [-0.3, -0.25) is 0 Å². The summed E-state index contributed by atoms with van der Waals surface area (Å²) >= 11 is 4.79. The maximum Gasteiger partial charge on any atom is 0.0740 e. The molecule has 1 aliphatic rings. The number of rotatable bonds is 4. The summed E-state index contributed by atoms with van der Waals surface area (Å²) in [7, 11) is 0. The van der Waals surface area contributed by atoms with Gasteiger partial charge in [0.1, 0.15) is 0 Å². The second-order valence-corrected chi connectivity index (χ2v) is 3.88. The van der Waals surface area contributed by atoms with E-state index in [2.05, 4.69) is 4.90 Å². The highest BCUT2D eigenvalue weighted by Crippen LogP contribution is 2.14. The number of hydrogen-bond acceptors (Lipinski definition) is 3. The molecule has 1 aliphatic heterocycles. The standard InChI is InChI=1S/C8H16N2OS/c9-8(12)2-4-10-3-1-7(5-10)6-11/h7,11H,1-6H2,(H2,9,12). The Morgan fingerprint density at radius 1 is 1.67 bits per heavy atom. The Labute approximate surface area is 78.5 Å². The molecule has 0 radical (unpaired) electrons. The van der Waals surface area contributed by atoms with Gasteiger partial charge in [-0.05, 0) is 18.9 Å². The van der Waals surface area contributed by atoms with Crippen LogP contribution in [0.25, 0.3) is 0 Å². The molecule has 1 unspecified atom stereocenters. The van der Waals surface area contributed by atoms with E-state index in [1.165, 1.54) is 0 Å². The van der Waals surface area contributed by atoms with Gasteiger partial charge in [0.25, 0.3) is 0 Å². The number of aliphatic hydroxyl groups excluding tert-OH is 1. The topological polar surface area (TPSA) is 49.5 Å². The van der Waals surface area contributed by atoms with E-state index in [1.807, 2.05) is 0 Å². The van der Waals surface area contributed by atoms with Crippen LogP contribution in [0.4, 0.5) is 0 Å². The van der Waals surface area contributed by atoms with Gasteiger partial charge in [-0.2, -0.15) is 0 Å². The quantitative estimate of drug-likeness (QED) is 0.609. The fourth-order valence-corrected chi connectivity index (χ4v) is 1.62. The molecule has 1 atom stereocenters. The first-order valence-electron chi connectivity index (χ1n) is 4.34. The molecule has 0 saturated carbocycles. The van der Waals surface area contributed by atoms with E-state index in [-0.39, 0.29) is 0 Å². The van der Waals surface area contributed by atoms with Crippen LogP contribution in [0.2, 0.25) is 0 Å². The first-order valence-corrected chi connectivity index (χ1v) is 4.74. The molecule has 0 aromatic rings. The van der Waals surface area contributed by atoms with E-state index in [1.54, 1.807) is 0 Å². The molecule has 3 N–H and O–H groups in total. The molecule has 4 heteroatoms. The summed E-state index contributed by atoms with van der Waals surface area (Å²) in [6, 6.07) is 0. The van der Waals surface area contributed by atoms with Gasteiger partial charge in [0.05, 0.1) is 4.99 Å². The maximum absolute atomic E-state index is 8.88. The van der Waals surface area contributed by atoms with Gasteiger partial charge in [0.15, 0.2) is 0 Å². The predicted octanol–water partition coefficient (Wildman–Crippen LogP) is -0.0232. The highest BCUT2D eigenvalue weighted by Gasteiger charge is 2.20. The van der Waals surface area contributed by atoms with Crippen LogP contribution in [0.5, 0.6) is 0 Å². The van der Waals surface area contributed by atoms with Gasteiger partial charge < -0.3 is 15.7 Å². The third-order valence-corrected chi connectivity index (χ3v) is 2.51. The summed E-state index contributed by atoms with van der Waals surface area (Å²) in [4.78, 5) is 2.89. The Morgan fingerprint density at radius 3 is 2.92 bits per heavy atom. The molecule has 0 aromatic heterocycles. The van der Waals surface area contributed by atoms with Crippen LogP contribution in [-0.2, 0) is 0 Å². The molecule has 1 fully saturated rings. The van der Waals surface area contributed by atoms with Gasteiger partial charge in [-0.15, -0.1) is 0 Å². The van der Waals surface area contributed by atoms with Crippen LogP contribution in [0.1, 0.15) is 12.8 Å². The molecular weight excluding hydrogens is 172 g/mol. The zero-order chi connectivity index (χ0) is 8.97. The summed E-state index contributed by atoms with van der Waals surface area (Å²) in [6.07, 6.45) is 1.90. The van der Waals surface area contributed by atoms with E-state index in [0.29, 0.717) is 17.5 Å². The van der Waals surface area contributed by atoms with Crippen LogP contribution in [0, 0.1) is 5.92 Å². The van der Waals surface area contributed by atoms with Crippen LogP contribution < -0.4 is 5.73 Å². The van der Waals surface area contributed by atoms with Crippen LogP contribution in [0.3, 0.4) is 0 Å². The van der Waals surface area contributed by atoms with Gasteiger partial charge in [-0.25, -0.2) is 0 Å². The minimum absolute atomic E-state index is 0.309. The van der Waals surface area contributed by atoms with Crippen molar-refractivity contribution in [1.29, 1.82) is 0 Å². The number of nitrogens with zero attached hydrogens (tertiary/aromatic N) is 1. The average Bonchev–Trinajstić information content (AvgIpc) is 2.48. The molecule has 1 rings (SSSR count). The Balaban J connectivity index is 2.15. The molecular formula is C8H16N2OS. The second kappa shape index (κ2) is 4.74. The van der Waals surface area contributed by atoms with Crippen molar-refractivity contribution < 1.29 is 5.11 Å². The van der Waals surface area contributed by atoms with Gasteiger partial charge >= 0.3 is 0 Å². The SMILES string of the molecule is NC(=S)CCN1CCC(CO)C1. The van der Waals surface area contributed by atoms with E-state index >= 15 is 0 Å². The minimum Gasteiger partial charge on any atom is -0.396 e. The molecule has 0 spiro atoms. The van der Waals surface area contributed by atoms with E-state index in [4.69, 9.17) is 23.1 Å². The Hall–Kier alpha value is -0.190. The molecule has 0 bridgehead atoms. The molecule has 70 valence electrons. The molecule has 1 saturated heterocycles. The Kier molecular flexibility index (Phi) is 3.91. The smallest absolute Gasteiger partial charge is 0.0740 e. The van der Waals surface area contributed by atoms with E-state index in [0.717, 1.165) is 32.5 Å². The third-order valence-electron chi connectivity index (χ3n) is 2.30. The van der Waals surface area contributed by atoms with Gasteiger partial charge in [0.2, 0.25) is 0 Å². The first kappa shape index (κ1) is 9.89. The predicted molar refractivity (Wildman–Crippen MR) is 53.0 cm³/mol. The van der Waals surface area contributed by atoms with Gasteiger partial charge in [0, 0.05) is 26.1 Å². The lowest BCUT2D eigenvalue weighted by atomic mass is 10.1. The van der Waals surface area contributed by atoms with Crippen molar-refractivity contribution in [2.24, 2.45) is 11.7 Å². The lowest BCUT2D eigenvalue weighted by Crippen LogP contribution is -2.25. The maximum atomic E-state index is 8.88. The fourth-order valence-electron chi connectivity index (χ4n) is 1.53. The molecule has 0 aromatic carbocycles. The van der Waals surface area contributed by atoms with E-state index in [9.17, 15) is 0 Å². The summed E-state index contributed by atoms with van der Waals surface area (Å²) in [5.41, 5.74) is 5.39. The summed E-state index contributed by atoms with van der Waals surface area (Å²) < 4.78 is 0. The molecule has 0 aliphatic carbocycles. The van der Waals surface area contributed by atoms with Crippen molar-refractivity contribution in [2.45, 2.75) is 12.8 Å². The van der Waals surface area contributed by atoms with Crippen LogP contribution >= 0.6 is 12.2 Å². The zero-order valence-corrected chi connectivity index (χ0v) is 8.02. The lowest BCUT2D eigenvalue weighted by Gasteiger charge is -2.14. The molecule has 12 heavy (non-hydrogen) atoms. The second-order valence-electron chi connectivity index (χ2n) is 3.35. The Bertz CT molecular complexity index is 163. The van der Waals surface area contributed by atoms with Gasteiger partial charge in [-0.1, -0.05) is 12.2 Å². The number of hydrogen-bond donors (Lipinski definition) is 2. The van der Waals surface area contributed by atoms with Crippen LogP contribution in [-0.4, -0.2) is 41.2 Å². The molecule has 3 nitrogen and oxygen atoms in total. The highest BCUT2D eigenvalue weighted by molar-refractivity contribution is 7.80. The van der Waals surface area contributed by atoms with Crippen molar-refractivity contribution >= 4 is 17.2 Å². The zero-order valence-electron chi connectivity index (χ0n) is 7.20.